The molecule has 0 aliphatic rings. The molecule has 0 aliphatic carbocycles. The number of aryl methyl sites for hydroxylation is 1. The Hall–Kier alpha value is -0.270. The highest BCUT2D eigenvalue weighted by atomic mass is 35.5. The fraction of sp³-hybridized carbons (Fsp3) is 0.500. The smallest absolute Gasteiger partial charge is 0.141 e. The molecule has 1 atom stereocenters. The molecular formula is C12H15Cl2F. The second-order valence-corrected chi connectivity index (χ2v) is 4.70. The monoisotopic (exact) mass is 248 g/mol. The van der Waals surface area contributed by atoms with E-state index < -0.39 is 0 Å². The Bertz CT molecular complexity index is 312. The summed E-state index contributed by atoms with van der Waals surface area (Å²) in [4.78, 5) is 0. The normalized spacial score (nSPS) is 12.8. The fourth-order valence-corrected chi connectivity index (χ4v) is 2.01. The van der Waals surface area contributed by atoms with Crippen molar-refractivity contribution in [2.24, 2.45) is 0 Å². The van der Waals surface area contributed by atoms with Crippen LogP contribution in [-0.4, -0.2) is 5.38 Å². The highest BCUT2D eigenvalue weighted by molar-refractivity contribution is 6.30. The van der Waals surface area contributed by atoms with E-state index >= 15 is 0 Å². The molecule has 0 bridgehead atoms. The van der Waals surface area contributed by atoms with Gasteiger partial charge in [-0.05, 0) is 37.0 Å². The van der Waals surface area contributed by atoms with Crippen LogP contribution in [0, 0.1) is 5.82 Å². The van der Waals surface area contributed by atoms with E-state index in [0.717, 1.165) is 31.2 Å². The van der Waals surface area contributed by atoms with Crippen molar-refractivity contribution in [2.45, 2.75) is 38.0 Å². The molecule has 0 heterocycles. The SMILES string of the molecule is CCCC(Cl)CCc1ccc(F)c(Cl)c1. The van der Waals surface area contributed by atoms with Crippen molar-refractivity contribution >= 4 is 23.2 Å². The Balaban J connectivity index is 2.47. The van der Waals surface area contributed by atoms with Crippen LogP contribution in [0.2, 0.25) is 5.02 Å². The van der Waals surface area contributed by atoms with E-state index in [-0.39, 0.29) is 16.2 Å². The van der Waals surface area contributed by atoms with Gasteiger partial charge in [0.25, 0.3) is 0 Å². The highest BCUT2D eigenvalue weighted by Gasteiger charge is 2.05. The molecule has 0 nitrogen and oxygen atoms in total. The van der Waals surface area contributed by atoms with Gasteiger partial charge in [-0.15, -0.1) is 11.6 Å². The summed E-state index contributed by atoms with van der Waals surface area (Å²) >= 11 is 11.8. The van der Waals surface area contributed by atoms with Crippen molar-refractivity contribution in [1.82, 2.24) is 0 Å². The van der Waals surface area contributed by atoms with Gasteiger partial charge in [0, 0.05) is 5.38 Å². The number of alkyl halides is 1. The summed E-state index contributed by atoms with van der Waals surface area (Å²) in [6, 6.07) is 4.84. The number of hydrogen-bond donors (Lipinski definition) is 0. The Morgan fingerprint density at radius 2 is 2.07 bits per heavy atom. The summed E-state index contributed by atoms with van der Waals surface area (Å²) in [5.41, 5.74) is 1.04. The van der Waals surface area contributed by atoms with E-state index in [2.05, 4.69) is 6.92 Å². The lowest BCUT2D eigenvalue weighted by Crippen LogP contribution is -2.00. The van der Waals surface area contributed by atoms with Crippen LogP contribution in [0.25, 0.3) is 0 Å². The molecular weight excluding hydrogens is 234 g/mol. The first-order chi connectivity index (χ1) is 7.13. The van der Waals surface area contributed by atoms with Crippen molar-refractivity contribution in [3.8, 4) is 0 Å². The van der Waals surface area contributed by atoms with Gasteiger partial charge in [-0.3, -0.25) is 0 Å². The first-order valence-electron chi connectivity index (χ1n) is 5.21. The third-order valence-corrected chi connectivity index (χ3v) is 3.06. The summed E-state index contributed by atoms with van der Waals surface area (Å²) in [5.74, 6) is -0.364. The molecule has 0 fully saturated rings. The predicted octanol–water partition coefficient (Wildman–Crippen LogP) is 4.82. The fourth-order valence-electron chi connectivity index (χ4n) is 1.48. The zero-order chi connectivity index (χ0) is 11.3. The van der Waals surface area contributed by atoms with Crippen molar-refractivity contribution in [1.29, 1.82) is 0 Å². The van der Waals surface area contributed by atoms with Gasteiger partial charge in [0.15, 0.2) is 0 Å². The van der Waals surface area contributed by atoms with Gasteiger partial charge >= 0.3 is 0 Å². The predicted molar refractivity (Wildman–Crippen MR) is 64.3 cm³/mol. The number of halogens is 3. The van der Waals surface area contributed by atoms with E-state index in [0.29, 0.717) is 0 Å². The Morgan fingerprint density at radius 1 is 1.33 bits per heavy atom. The standard InChI is InChI=1S/C12H15Cl2F/c1-2-3-10(13)6-4-9-5-7-12(15)11(14)8-9/h5,7-8,10H,2-4,6H2,1H3. The van der Waals surface area contributed by atoms with Crippen LogP contribution in [0.15, 0.2) is 18.2 Å². The first-order valence-corrected chi connectivity index (χ1v) is 6.03. The largest absolute Gasteiger partial charge is 0.205 e. The van der Waals surface area contributed by atoms with Crippen molar-refractivity contribution in [3.05, 3.63) is 34.6 Å². The van der Waals surface area contributed by atoms with Crippen LogP contribution in [0.1, 0.15) is 31.7 Å². The second-order valence-electron chi connectivity index (χ2n) is 3.67. The topological polar surface area (TPSA) is 0 Å². The van der Waals surface area contributed by atoms with Crippen LogP contribution in [0.3, 0.4) is 0 Å². The Labute approximate surface area is 100 Å². The van der Waals surface area contributed by atoms with Crippen LogP contribution in [-0.2, 0) is 6.42 Å². The number of benzene rings is 1. The average Bonchev–Trinajstić information content (AvgIpc) is 2.20. The molecule has 0 aromatic heterocycles. The second kappa shape index (κ2) is 6.34. The van der Waals surface area contributed by atoms with E-state index in [1.54, 1.807) is 12.1 Å². The lowest BCUT2D eigenvalue weighted by atomic mass is 10.1. The van der Waals surface area contributed by atoms with Crippen molar-refractivity contribution in [3.63, 3.8) is 0 Å². The van der Waals surface area contributed by atoms with E-state index in [1.807, 2.05) is 0 Å². The maximum absolute atomic E-state index is 12.9. The summed E-state index contributed by atoms with van der Waals surface area (Å²) in [5, 5.41) is 0.396. The zero-order valence-corrected chi connectivity index (χ0v) is 10.3. The molecule has 1 aromatic carbocycles. The molecule has 3 heteroatoms. The average molecular weight is 249 g/mol. The summed E-state index contributed by atoms with van der Waals surface area (Å²) in [6.07, 6.45) is 3.89. The zero-order valence-electron chi connectivity index (χ0n) is 8.77. The van der Waals surface area contributed by atoms with Crippen LogP contribution < -0.4 is 0 Å². The Kier molecular flexibility index (Phi) is 5.41. The maximum atomic E-state index is 12.9. The third kappa shape index (κ3) is 4.40. The highest BCUT2D eigenvalue weighted by Crippen LogP contribution is 2.19. The lowest BCUT2D eigenvalue weighted by Gasteiger charge is -2.07. The van der Waals surface area contributed by atoms with Gasteiger partial charge in [0.2, 0.25) is 0 Å². The molecule has 0 radical (unpaired) electrons. The van der Waals surface area contributed by atoms with Crippen molar-refractivity contribution in [2.75, 3.05) is 0 Å². The van der Waals surface area contributed by atoms with Gasteiger partial charge < -0.3 is 0 Å². The minimum absolute atomic E-state index is 0.189. The summed E-state index contributed by atoms with van der Waals surface area (Å²) < 4.78 is 12.9. The van der Waals surface area contributed by atoms with E-state index in [1.165, 1.54) is 6.07 Å². The maximum Gasteiger partial charge on any atom is 0.141 e. The quantitative estimate of drug-likeness (QED) is 0.656. The van der Waals surface area contributed by atoms with Gasteiger partial charge in [-0.1, -0.05) is 31.0 Å². The molecule has 1 aromatic rings. The minimum Gasteiger partial charge on any atom is -0.205 e. The minimum atomic E-state index is -0.364. The molecule has 0 saturated heterocycles. The molecule has 1 unspecified atom stereocenters. The van der Waals surface area contributed by atoms with Gasteiger partial charge in [0.1, 0.15) is 5.82 Å². The molecule has 15 heavy (non-hydrogen) atoms. The van der Waals surface area contributed by atoms with Gasteiger partial charge in [-0.25, -0.2) is 4.39 Å². The summed E-state index contributed by atoms with van der Waals surface area (Å²) in [6.45, 7) is 2.12. The lowest BCUT2D eigenvalue weighted by molar-refractivity contribution is 0.626. The van der Waals surface area contributed by atoms with Crippen LogP contribution in [0.4, 0.5) is 4.39 Å². The molecule has 0 N–H and O–H groups in total. The molecule has 1 rings (SSSR count). The van der Waals surface area contributed by atoms with Crippen molar-refractivity contribution < 1.29 is 4.39 Å². The summed E-state index contributed by atoms with van der Waals surface area (Å²) in [7, 11) is 0. The molecule has 84 valence electrons. The van der Waals surface area contributed by atoms with E-state index in [9.17, 15) is 4.39 Å². The van der Waals surface area contributed by atoms with Gasteiger partial charge in [0.05, 0.1) is 5.02 Å². The molecule has 0 saturated carbocycles. The van der Waals surface area contributed by atoms with Crippen LogP contribution >= 0.6 is 23.2 Å². The molecule has 0 aliphatic heterocycles. The molecule has 0 spiro atoms. The van der Waals surface area contributed by atoms with Gasteiger partial charge in [-0.2, -0.15) is 0 Å². The number of rotatable bonds is 5. The van der Waals surface area contributed by atoms with Crippen LogP contribution in [0.5, 0.6) is 0 Å². The van der Waals surface area contributed by atoms with E-state index in [4.69, 9.17) is 23.2 Å². The first kappa shape index (κ1) is 12.8. The third-order valence-electron chi connectivity index (χ3n) is 2.33. The molecule has 0 amide bonds. The number of hydrogen-bond acceptors (Lipinski definition) is 0. The Morgan fingerprint density at radius 3 is 2.67 bits per heavy atom.